The van der Waals surface area contributed by atoms with Crippen molar-refractivity contribution in [3.63, 3.8) is 0 Å². The average Bonchev–Trinajstić information content (AvgIpc) is 2.26. The molecule has 2 rings (SSSR count). The number of benzene rings is 1. The fraction of sp³-hybridized carbons (Fsp3) is 0.500. The van der Waals surface area contributed by atoms with Crippen LogP contribution in [0, 0.1) is 0 Å². The summed E-state index contributed by atoms with van der Waals surface area (Å²) < 4.78 is 5.71. The lowest BCUT2D eigenvalue weighted by atomic mass is 9.90. The number of nitrogens with two attached hydrogens (primary N) is 1. The van der Waals surface area contributed by atoms with Crippen LogP contribution in [0.15, 0.2) is 30.3 Å². The second-order valence-corrected chi connectivity index (χ2v) is 4.05. The van der Waals surface area contributed by atoms with Gasteiger partial charge in [-0.25, -0.2) is 0 Å². The first-order chi connectivity index (χ1) is 7.27. The Balaban J connectivity index is 1.99. The zero-order chi connectivity index (χ0) is 10.7. The minimum Gasteiger partial charge on any atom is -0.488 e. The molecule has 1 aliphatic carbocycles. The molecular formula is C12H17NO2. The van der Waals surface area contributed by atoms with Crippen LogP contribution in [0.3, 0.4) is 0 Å². The van der Waals surface area contributed by atoms with E-state index < -0.39 is 6.10 Å². The van der Waals surface area contributed by atoms with Crippen LogP contribution in [0.5, 0.6) is 5.75 Å². The number of hydrogen-bond donors (Lipinski definition) is 2. The van der Waals surface area contributed by atoms with Crippen molar-refractivity contribution < 1.29 is 9.84 Å². The minimum absolute atomic E-state index is 0.146. The number of ether oxygens (including phenoxy) is 1. The van der Waals surface area contributed by atoms with Gasteiger partial charge in [0.25, 0.3) is 0 Å². The van der Waals surface area contributed by atoms with Gasteiger partial charge in [-0.05, 0) is 31.4 Å². The zero-order valence-electron chi connectivity index (χ0n) is 8.67. The van der Waals surface area contributed by atoms with Crippen LogP contribution in [-0.2, 0) is 0 Å². The van der Waals surface area contributed by atoms with Gasteiger partial charge in [-0.1, -0.05) is 18.2 Å². The predicted molar refractivity (Wildman–Crippen MR) is 58.7 cm³/mol. The first-order valence-electron chi connectivity index (χ1n) is 5.43. The molecule has 1 aromatic rings. The van der Waals surface area contributed by atoms with Gasteiger partial charge < -0.3 is 15.6 Å². The molecule has 1 aliphatic rings. The van der Waals surface area contributed by atoms with E-state index in [1.807, 2.05) is 30.3 Å². The van der Waals surface area contributed by atoms with Crippen molar-refractivity contribution in [1.29, 1.82) is 0 Å². The van der Waals surface area contributed by atoms with Gasteiger partial charge in [-0.15, -0.1) is 0 Å². The van der Waals surface area contributed by atoms with Crippen LogP contribution in [0.2, 0.25) is 0 Å². The summed E-state index contributed by atoms with van der Waals surface area (Å²) in [6.07, 6.45) is 2.09. The minimum atomic E-state index is -0.543. The molecule has 0 heterocycles. The fourth-order valence-corrected chi connectivity index (χ4v) is 1.97. The summed E-state index contributed by atoms with van der Waals surface area (Å²) in [6.45, 7) is 0. The molecule has 1 aromatic carbocycles. The molecule has 82 valence electrons. The van der Waals surface area contributed by atoms with Gasteiger partial charge in [0.1, 0.15) is 18.0 Å². The smallest absolute Gasteiger partial charge is 0.126 e. The molecule has 3 unspecified atom stereocenters. The summed E-state index contributed by atoms with van der Waals surface area (Å²) in [6, 6.07) is 9.43. The van der Waals surface area contributed by atoms with E-state index >= 15 is 0 Å². The largest absolute Gasteiger partial charge is 0.488 e. The number of aliphatic hydroxyl groups is 1. The second-order valence-electron chi connectivity index (χ2n) is 4.05. The molecule has 1 saturated carbocycles. The third-order valence-electron chi connectivity index (χ3n) is 2.88. The van der Waals surface area contributed by atoms with Crippen molar-refractivity contribution in [2.45, 2.75) is 37.5 Å². The van der Waals surface area contributed by atoms with E-state index in [-0.39, 0.29) is 12.1 Å². The van der Waals surface area contributed by atoms with Crippen LogP contribution in [0.25, 0.3) is 0 Å². The van der Waals surface area contributed by atoms with Crippen molar-refractivity contribution in [2.24, 2.45) is 5.73 Å². The molecule has 1 fully saturated rings. The molecule has 3 N–H and O–H groups in total. The van der Waals surface area contributed by atoms with Gasteiger partial charge in [0.15, 0.2) is 0 Å². The fourth-order valence-electron chi connectivity index (χ4n) is 1.97. The van der Waals surface area contributed by atoms with Crippen molar-refractivity contribution in [1.82, 2.24) is 0 Å². The molecule has 0 aliphatic heterocycles. The maximum atomic E-state index is 9.85. The van der Waals surface area contributed by atoms with E-state index in [0.29, 0.717) is 0 Å². The van der Waals surface area contributed by atoms with Crippen molar-refractivity contribution in [3.05, 3.63) is 30.3 Å². The summed E-state index contributed by atoms with van der Waals surface area (Å²) >= 11 is 0. The van der Waals surface area contributed by atoms with Gasteiger partial charge in [0.2, 0.25) is 0 Å². The van der Waals surface area contributed by atoms with Crippen LogP contribution in [0.1, 0.15) is 19.3 Å². The van der Waals surface area contributed by atoms with E-state index in [1.54, 1.807) is 0 Å². The highest BCUT2D eigenvalue weighted by atomic mass is 16.5. The maximum absolute atomic E-state index is 9.85. The predicted octanol–water partition coefficient (Wildman–Crippen LogP) is 1.31. The lowest BCUT2D eigenvalue weighted by molar-refractivity contribution is -0.00585. The number of hydrogen-bond acceptors (Lipinski definition) is 3. The third kappa shape index (κ3) is 2.49. The molecule has 0 aromatic heterocycles. The Morgan fingerprint density at radius 1 is 1.20 bits per heavy atom. The summed E-state index contributed by atoms with van der Waals surface area (Å²) in [5.74, 6) is 0.802. The van der Waals surface area contributed by atoms with E-state index in [9.17, 15) is 5.11 Å². The van der Waals surface area contributed by atoms with Gasteiger partial charge in [0, 0.05) is 6.04 Å². The molecule has 15 heavy (non-hydrogen) atoms. The molecule has 3 atom stereocenters. The Morgan fingerprint density at radius 2 is 1.93 bits per heavy atom. The van der Waals surface area contributed by atoms with Gasteiger partial charge >= 0.3 is 0 Å². The molecule has 3 heteroatoms. The second kappa shape index (κ2) is 4.64. The standard InChI is InChI=1S/C12H17NO2/c13-10-7-4-8-11(12(10)14)15-9-5-2-1-3-6-9/h1-3,5-6,10-12,14H,4,7-8,13H2. The Hall–Kier alpha value is -1.06. The maximum Gasteiger partial charge on any atom is 0.126 e. The molecule has 0 spiro atoms. The Labute approximate surface area is 89.9 Å². The first kappa shape index (κ1) is 10.5. The quantitative estimate of drug-likeness (QED) is 0.768. The van der Waals surface area contributed by atoms with Crippen LogP contribution < -0.4 is 10.5 Å². The molecule has 0 radical (unpaired) electrons. The number of para-hydroxylation sites is 1. The first-order valence-corrected chi connectivity index (χ1v) is 5.43. The summed E-state index contributed by atoms with van der Waals surface area (Å²) in [7, 11) is 0. The van der Waals surface area contributed by atoms with Crippen LogP contribution in [0.4, 0.5) is 0 Å². The highest BCUT2D eigenvalue weighted by Crippen LogP contribution is 2.23. The van der Waals surface area contributed by atoms with Crippen molar-refractivity contribution in [3.8, 4) is 5.75 Å². The molecule has 0 amide bonds. The van der Waals surface area contributed by atoms with Crippen molar-refractivity contribution in [2.75, 3.05) is 0 Å². The normalized spacial score (nSPS) is 31.2. The molecule has 0 saturated heterocycles. The van der Waals surface area contributed by atoms with Crippen LogP contribution in [-0.4, -0.2) is 23.4 Å². The highest BCUT2D eigenvalue weighted by molar-refractivity contribution is 5.21. The lowest BCUT2D eigenvalue weighted by Crippen LogP contribution is -2.48. The monoisotopic (exact) mass is 207 g/mol. The Morgan fingerprint density at radius 3 is 2.67 bits per heavy atom. The summed E-state index contributed by atoms with van der Waals surface area (Å²) in [5.41, 5.74) is 5.79. The summed E-state index contributed by atoms with van der Waals surface area (Å²) in [4.78, 5) is 0. The lowest BCUT2D eigenvalue weighted by Gasteiger charge is -2.32. The van der Waals surface area contributed by atoms with Gasteiger partial charge in [0.05, 0.1) is 0 Å². The average molecular weight is 207 g/mol. The van der Waals surface area contributed by atoms with E-state index in [1.165, 1.54) is 0 Å². The zero-order valence-corrected chi connectivity index (χ0v) is 8.67. The van der Waals surface area contributed by atoms with E-state index in [0.717, 1.165) is 25.0 Å². The molecular weight excluding hydrogens is 190 g/mol. The van der Waals surface area contributed by atoms with E-state index in [2.05, 4.69) is 0 Å². The van der Waals surface area contributed by atoms with Crippen LogP contribution >= 0.6 is 0 Å². The number of rotatable bonds is 2. The van der Waals surface area contributed by atoms with E-state index in [4.69, 9.17) is 10.5 Å². The SMILES string of the molecule is NC1CCCC(Oc2ccccc2)C1O. The molecule has 3 nitrogen and oxygen atoms in total. The molecule has 0 bridgehead atoms. The van der Waals surface area contributed by atoms with Gasteiger partial charge in [-0.2, -0.15) is 0 Å². The van der Waals surface area contributed by atoms with Crippen molar-refractivity contribution >= 4 is 0 Å². The topological polar surface area (TPSA) is 55.5 Å². The Bertz CT molecular complexity index is 302. The Kier molecular flexibility index (Phi) is 3.23. The summed E-state index contributed by atoms with van der Waals surface area (Å²) in [5, 5.41) is 9.85. The highest BCUT2D eigenvalue weighted by Gasteiger charge is 2.30. The third-order valence-corrected chi connectivity index (χ3v) is 2.88. The number of aliphatic hydroxyl groups excluding tert-OH is 1. The van der Waals surface area contributed by atoms with Gasteiger partial charge in [-0.3, -0.25) is 0 Å².